The number of rotatable bonds is 21. The molecule has 284 valence electrons. The minimum atomic E-state index is -4.88. The number of carbonyl (C=O) groups excluding carboxylic acids is 3. The van der Waals surface area contributed by atoms with Gasteiger partial charge in [-0.25, -0.2) is 0 Å². The number of carbonyl (C=O) groups is 3. The van der Waals surface area contributed by atoms with Gasteiger partial charge in [0, 0.05) is 35.5 Å². The normalized spacial score (nSPS) is 18.2. The van der Waals surface area contributed by atoms with Gasteiger partial charge in [0.1, 0.15) is 17.3 Å². The van der Waals surface area contributed by atoms with E-state index < -0.39 is 53.1 Å². The van der Waals surface area contributed by atoms with E-state index in [0.717, 1.165) is 0 Å². The fourth-order valence-corrected chi connectivity index (χ4v) is 6.52. The topological polar surface area (TPSA) is 83.5 Å². The van der Waals surface area contributed by atoms with Gasteiger partial charge < -0.3 is 10.4 Å². The molecule has 4 unspecified atom stereocenters. The second-order valence-corrected chi connectivity index (χ2v) is 17.9. The van der Waals surface area contributed by atoms with Gasteiger partial charge in [-0.3, -0.25) is 14.4 Å². The van der Waals surface area contributed by atoms with Crippen LogP contribution in [0.3, 0.4) is 0 Å². The number of hydrogen-bond donors (Lipinski definition) is 2. The van der Waals surface area contributed by atoms with E-state index in [0.29, 0.717) is 6.92 Å². The van der Waals surface area contributed by atoms with Gasteiger partial charge in [-0.2, -0.15) is 26.3 Å². The number of Topliss-reactive ketones (excluding diaryl/α,β-unsaturated/α-hetero) is 3. The highest BCUT2D eigenvalue weighted by Crippen LogP contribution is 2.49. The fraction of sp³-hybridized carbons (Fsp3) is 0.919. The average Bonchev–Trinajstić information content (AvgIpc) is 2.84. The average molecular weight is 702 g/mol. The van der Waals surface area contributed by atoms with Crippen molar-refractivity contribution in [1.29, 1.82) is 0 Å². The molecule has 0 aromatic heterocycles. The first-order chi connectivity index (χ1) is 21.1. The van der Waals surface area contributed by atoms with Gasteiger partial charge in [0.05, 0.1) is 6.54 Å². The first-order valence-electron chi connectivity index (χ1n) is 17.3. The molecule has 0 amide bonds. The van der Waals surface area contributed by atoms with Crippen molar-refractivity contribution in [3.63, 3.8) is 0 Å². The van der Waals surface area contributed by atoms with Gasteiger partial charge >= 0.3 is 12.4 Å². The second-order valence-electron chi connectivity index (χ2n) is 17.9. The molecular weight excluding hydrogens is 636 g/mol. The summed E-state index contributed by atoms with van der Waals surface area (Å²) >= 11 is 0. The molecule has 0 radical (unpaired) electrons. The van der Waals surface area contributed by atoms with Gasteiger partial charge in [-0.1, -0.05) is 83.1 Å². The molecule has 0 saturated heterocycles. The Labute approximate surface area is 286 Å². The summed E-state index contributed by atoms with van der Waals surface area (Å²) in [6, 6.07) is 0. The molecule has 0 aliphatic rings. The van der Waals surface area contributed by atoms with E-state index >= 15 is 0 Å². The van der Waals surface area contributed by atoms with Crippen LogP contribution in [0.15, 0.2) is 0 Å². The maximum atomic E-state index is 14.1. The zero-order chi connectivity index (χ0) is 38.4. The first-order valence-corrected chi connectivity index (χ1v) is 17.3. The molecule has 0 aliphatic heterocycles. The van der Waals surface area contributed by atoms with Crippen molar-refractivity contribution in [3.8, 4) is 0 Å². The Kier molecular flexibility index (Phi) is 16.2. The van der Waals surface area contributed by atoms with Gasteiger partial charge in [-0.05, 0) is 74.7 Å². The minimum absolute atomic E-state index is 0.0214. The Morgan fingerprint density at radius 3 is 1.69 bits per heavy atom. The predicted octanol–water partition coefficient (Wildman–Crippen LogP) is 10.1. The van der Waals surface area contributed by atoms with Crippen molar-refractivity contribution in [3.05, 3.63) is 0 Å². The maximum absolute atomic E-state index is 14.1. The van der Waals surface area contributed by atoms with Gasteiger partial charge in [-0.15, -0.1) is 0 Å². The molecule has 0 aliphatic carbocycles. The Morgan fingerprint density at radius 2 is 1.27 bits per heavy atom. The summed E-state index contributed by atoms with van der Waals surface area (Å²) in [6.45, 7) is 22.0. The lowest BCUT2D eigenvalue weighted by molar-refractivity contribution is -0.259. The molecule has 48 heavy (non-hydrogen) atoms. The lowest BCUT2D eigenvalue weighted by atomic mass is 9.58. The van der Waals surface area contributed by atoms with Gasteiger partial charge in [0.15, 0.2) is 5.60 Å². The Hall–Kier alpha value is -1.49. The third-order valence-electron chi connectivity index (χ3n) is 10.8. The molecule has 2 N–H and O–H groups in total. The summed E-state index contributed by atoms with van der Waals surface area (Å²) in [6.07, 6.45) is -9.17. The summed E-state index contributed by atoms with van der Waals surface area (Å²) < 4.78 is 78.7. The molecule has 0 bridgehead atoms. The van der Waals surface area contributed by atoms with E-state index in [1.54, 1.807) is 34.6 Å². The summed E-state index contributed by atoms with van der Waals surface area (Å²) in [4.78, 5) is 41.9. The Morgan fingerprint density at radius 1 is 0.750 bits per heavy atom. The minimum Gasteiger partial charge on any atom is -0.381 e. The lowest BCUT2D eigenvalue weighted by Gasteiger charge is -2.44. The molecule has 5 nitrogen and oxygen atoms in total. The van der Waals surface area contributed by atoms with Gasteiger partial charge in [0.25, 0.3) is 0 Å². The first kappa shape index (κ1) is 46.5. The number of hydrogen-bond acceptors (Lipinski definition) is 5. The van der Waals surface area contributed by atoms with Crippen LogP contribution in [0.2, 0.25) is 0 Å². The van der Waals surface area contributed by atoms with Crippen molar-refractivity contribution < 1.29 is 45.8 Å². The highest BCUT2D eigenvalue weighted by molar-refractivity contribution is 5.90. The number of ketones is 3. The molecule has 11 heteroatoms. The van der Waals surface area contributed by atoms with Crippen LogP contribution in [-0.2, 0) is 14.4 Å². The van der Waals surface area contributed by atoms with E-state index in [1.807, 2.05) is 48.5 Å². The second kappa shape index (κ2) is 16.7. The third-order valence-corrected chi connectivity index (χ3v) is 10.8. The van der Waals surface area contributed by atoms with Gasteiger partial charge in [0.2, 0.25) is 0 Å². The number of aliphatic hydroxyl groups is 1. The molecule has 0 aromatic rings. The number of halogens is 6. The standard InChI is InChI=1S/C37H65F6NO4/c1-14-33(11,28(46)19-26(18-25(2)3)20-35(13,48)37(41,42)43)23-34(12,27(45)16-15-17-44-24-36(38,39)40)22-31(7,8)29(47)21-32(9,10)30(4,5)6/h25-26,44,48H,14-24H2,1-13H3. The van der Waals surface area contributed by atoms with E-state index in [9.17, 15) is 45.8 Å². The van der Waals surface area contributed by atoms with Crippen LogP contribution < -0.4 is 5.32 Å². The summed E-state index contributed by atoms with van der Waals surface area (Å²) in [7, 11) is 0. The van der Waals surface area contributed by atoms with Crippen LogP contribution in [0.25, 0.3) is 0 Å². The van der Waals surface area contributed by atoms with Crippen molar-refractivity contribution in [2.24, 2.45) is 38.9 Å². The Bertz CT molecular complexity index is 1070. The highest BCUT2D eigenvalue weighted by atomic mass is 19.4. The molecular formula is C37H65F6NO4. The Balaban J connectivity index is 6.53. The zero-order valence-corrected chi connectivity index (χ0v) is 31.9. The molecule has 0 spiro atoms. The smallest absolute Gasteiger partial charge is 0.381 e. The summed E-state index contributed by atoms with van der Waals surface area (Å²) in [5.74, 6) is -1.46. The molecule has 0 heterocycles. The SMILES string of the molecule is CCC(C)(CC(C)(CC(C)(C)C(=O)CC(C)(C)C(C)(C)C)C(=O)CCCNCC(F)(F)F)C(=O)CC(CC(C)C)CC(C)(O)C(F)(F)F. The van der Waals surface area contributed by atoms with Crippen LogP contribution in [0.1, 0.15) is 148 Å². The summed E-state index contributed by atoms with van der Waals surface area (Å²) in [5.41, 5.74) is -6.93. The number of nitrogens with one attached hydrogen (secondary N) is 1. The largest absolute Gasteiger partial charge is 0.416 e. The van der Waals surface area contributed by atoms with E-state index in [-0.39, 0.29) is 92.0 Å². The lowest BCUT2D eigenvalue weighted by Crippen LogP contribution is -2.46. The maximum Gasteiger partial charge on any atom is 0.416 e. The molecule has 0 aromatic carbocycles. The predicted molar refractivity (Wildman–Crippen MR) is 179 cm³/mol. The van der Waals surface area contributed by atoms with Crippen LogP contribution in [-0.4, -0.2) is 53.5 Å². The molecule has 0 saturated carbocycles. The van der Waals surface area contributed by atoms with Crippen LogP contribution in [0, 0.1) is 38.9 Å². The van der Waals surface area contributed by atoms with Crippen molar-refractivity contribution in [2.45, 2.75) is 166 Å². The monoisotopic (exact) mass is 701 g/mol. The van der Waals surface area contributed by atoms with Crippen molar-refractivity contribution in [1.82, 2.24) is 5.32 Å². The molecule has 0 rings (SSSR count). The van der Waals surface area contributed by atoms with Crippen LogP contribution >= 0.6 is 0 Å². The number of alkyl halides is 6. The van der Waals surface area contributed by atoms with Crippen molar-refractivity contribution >= 4 is 17.3 Å². The summed E-state index contributed by atoms with van der Waals surface area (Å²) in [5, 5.41) is 12.6. The highest BCUT2D eigenvalue weighted by Gasteiger charge is 2.52. The van der Waals surface area contributed by atoms with E-state index in [1.165, 1.54) is 0 Å². The van der Waals surface area contributed by atoms with Crippen LogP contribution in [0.4, 0.5) is 26.3 Å². The molecule has 4 atom stereocenters. The third kappa shape index (κ3) is 14.4. The fourth-order valence-electron chi connectivity index (χ4n) is 6.52. The van der Waals surface area contributed by atoms with Crippen molar-refractivity contribution in [2.75, 3.05) is 13.1 Å². The van der Waals surface area contributed by atoms with E-state index in [4.69, 9.17) is 0 Å². The van der Waals surface area contributed by atoms with Crippen LogP contribution in [0.5, 0.6) is 0 Å². The van der Waals surface area contributed by atoms with E-state index in [2.05, 4.69) is 5.32 Å². The molecule has 0 fully saturated rings. The quantitative estimate of drug-likeness (QED) is 0.0920. The zero-order valence-electron chi connectivity index (χ0n) is 31.9.